The van der Waals surface area contributed by atoms with Crippen molar-refractivity contribution in [2.45, 2.75) is 58.3 Å². The second kappa shape index (κ2) is 8.11. The van der Waals surface area contributed by atoms with Gasteiger partial charge < -0.3 is 5.11 Å². The van der Waals surface area contributed by atoms with Crippen molar-refractivity contribution in [1.82, 2.24) is 0 Å². The standard InChI is InChI=1S/C19H26O3/c1-14-8-10-15(11-9-14)12-17(19(21)22)13-18(20)16-6-4-2-3-5-7-16/h8-11,16-17H,2-7,12-13H2,1H3,(H,21,22). The quantitative estimate of drug-likeness (QED) is 0.802. The van der Waals surface area contributed by atoms with Crippen LogP contribution in [0, 0.1) is 18.8 Å². The zero-order chi connectivity index (χ0) is 15.9. The average Bonchev–Trinajstić information content (AvgIpc) is 2.77. The van der Waals surface area contributed by atoms with Gasteiger partial charge in [0.1, 0.15) is 5.78 Å². The average molecular weight is 302 g/mol. The number of carbonyl (C=O) groups is 2. The van der Waals surface area contributed by atoms with Gasteiger partial charge in [-0.3, -0.25) is 9.59 Å². The minimum Gasteiger partial charge on any atom is -0.481 e. The molecule has 1 aromatic carbocycles. The molecule has 3 nitrogen and oxygen atoms in total. The molecule has 0 spiro atoms. The molecule has 0 amide bonds. The number of aryl methyl sites for hydroxylation is 1. The molecule has 120 valence electrons. The van der Waals surface area contributed by atoms with E-state index in [-0.39, 0.29) is 18.1 Å². The summed E-state index contributed by atoms with van der Waals surface area (Å²) in [6.07, 6.45) is 7.11. The van der Waals surface area contributed by atoms with Crippen molar-refractivity contribution in [2.24, 2.45) is 11.8 Å². The molecular formula is C19H26O3. The zero-order valence-electron chi connectivity index (χ0n) is 13.4. The fraction of sp³-hybridized carbons (Fsp3) is 0.579. The van der Waals surface area contributed by atoms with Gasteiger partial charge in [-0.05, 0) is 31.7 Å². The normalized spacial score (nSPS) is 17.7. The Hall–Kier alpha value is -1.64. The Morgan fingerprint density at radius 1 is 1.09 bits per heavy atom. The van der Waals surface area contributed by atoms with Crippen molar-refractivity contribution < 1.29 is 14.7 Å². The van der Waals surface area contributed by atoms with Crippen molar-refractivity contribution in [3.05, 3.63) is 35.4 Å². The van der Waals surface area contributed by atoms with E-state index in [4.69, 9.17) is 0 Å². The van der Waals surface area contributed by atoms with Gasteiger partial charge >= 0.3 is 5.97 Å². The van der Waals surface area contributed by atoms with Crippen LogP contribution in [-0.2, 0) is 16.0 Å². The van der Waals surface area contributed by atoms with E-state index in [2.05, 4.69) is 0 Å². The number of aliphatic carboxylic acids is 1. The maximum atomic E-state index is 12.4. The minimum absolute atomic E-state index is 0.0855. The first-order chi connectivity index (χ1) is 10.6. The molecule has 0 aromatic heterocycles. The van der Waals surface area contributed by atoms with Crippen LogP contribution >= 0.6 is 0 Å². The van der Waals surface area contributed by atoms with Crippen molar-refractivity contribution in [3.8, 4) is 0 Å². The largest absolute Gasteiger partial charge is 0.481 e. The molecule has 0 aliphatic heterocycles. The highest BCUT2D eigenvalue weighted by Gasteiger charge is 2.26. The number of benzene rings is 1. The summed E-state index contributed by atoms with van der Waals surface area (Å²) >= 11 is 0. The van der Waals surface area contributed by atoms with Gasteiger partial charge in [0.15, 0.2) is 0 Å². The molecule has 1 aromatic rings. The molecule has 0 heterocycles. The summed E-state index contributed by atoms with van der Waals surface area (Å²) in [6.45, 7) is 2.01. The van der Waals surface area contributed by atoms with Crippen LogP contribution in [0.5, 0.6) is 0 Å². The van der Waals surface area contributed by atoms with Gasteiger partial charge in [-0.15, -0.1) is 0 Å². The number of hydrogen-bond donors (Lipinski definition) is 1. The molecule has 1 atom stereocenters. The number of hydrogen-bond acceptors (Lipinski definition) is 2. The molecule has 0 saturated heterocycles. The topological polar surface area (TPSA) is 54.4 Å². The van der Waals surface area contributed by atoms with Crippen molar-refractivity contribution in [3.63, 3.8) is 0 Å². The van der Waals surface area contributed by atoms with E-state index >= 15 is 0 Å². The molecule has 0 radical (unpaired) electrons. The Kier molecular flexibility index (Phi) is 6.17. The summed E-state index contributed by atoms with van der Waals surface area (Å²) in [5, 5.41) is 9.44. The lowest BCUT2D eigenvalue weighted by atomic mass is 9.86. The Morgan fingerprint density at radius 3 is 2.23 bits per heavy atom. The first-order valence-electron chi connectivity index (χ1n) is 8.37. The molecule has 1 fully saturated rings. The molecule has 1 saturated carbocycles. The van der Waals surface area contributed by atoms with Gasteiger partial charge in [-0.2, -0.15) is 0 Å². The third kappa shape index (κ3) is 4.97. The molecule has 2 rings (SSSR count). The van der Waals surface area contributed by atoms with Crippen LogP contribution in [0.4, 0.5) is 0 Å². The van der Waals surface area contributed by atoms with Gasteiger partial charge in [0.2, 0.25) is 0 Å². The highest BCUT2D eigenvalue weighted by Crippen LogP contribution is 2.26. The van der Waals surface area contributed by atoms with E-state index in [1.54, 1.807) is 0 Å². The number of Topliss-reactive ketones (excluding diaryl/α,β-unsaturated/α-hetero) is 1. The summed E-state index contributed by atoms with van der Waals surface area (Å²) in [4.78, 5) is 24.0. The van der Waals surface area contributed by atoms with Crippen LogP contribution in [0.2, 0.25) is 0 Å². The summed E-state index contributed by atoms with van der Waals surface area (Å²) in [7, 11) is 0. The monoisotopic (exact) mass is 302 g/mol. The number of carboxylic acids is 1. The maximum Gasteiger partial charge on any atom is 0.307 e. The highest BCUT2D eigenvalue weighted by atomic mass is 16.4. The lowest BCUT2D eigenvalue weighted by molar-refractivity contribution is -0.144. The van der Waals surface area contributed by atoms with E-state index in [9.17, 15) is 14.7 Å². The number of carbonyl (C=O) groups excluding carboxylic acids is 1. The molecule has 1 N–H and O–H groups in total. The molecule has 0 bridgehead atoms. The lowest BCUT2D eigenvalue weighted by Crippen LogP contribution is -2.24. The van der Waals surface area contributed by atoms with Crippen LogP contribution in [0.15, 0.2) is 24.3 Å². The SMILES string of the molecule is Cc1ccc(CC(CC(=O)C2CCCCCC2)C(=O)O)cc1. The number of ketones is 1. The summed E-state index contributed by atoms with van der Waals surface area (Å²) in [6, 6.07) is 7.89. The third-order valence-corrected chi connectivity index (χ3v) is 4.71. The molecular weight excluding hydrogens is 276 g/mol. The second-order valence-electron chi connectivity index (χ2n) is 6.58. The first kappa shape index (κ1) is 16.7. The Bertz CT molecular complexity index is 496. The van der Waals surface area contributed by atoms with Crippen molar-refractivity contribution in [1.29, 1.82) is 0 Å². The molecule has 1 aliphatic rings. The van der Waals surface area contributed by atoms with Gasteiger partial charge in [0, 0.05) is 12.3 Å². The maximum absolute atomic E-state index is 12.4. The molecule has 22 heavy (non-hydrogen) atoms. The first-order valence-corrected chi connectivity index (χ1v) is 8.37. The molecule has 1 unspecified atom stereocenters. The van der Waals surface area contributed by atoms with Gasteiger partial charge in [0.25, 0.3) is 0 Å². The Morgan fingerprint density at radius 2 is 1.68 bits per heavy atom. The van der Waals surface area contributed by atoms with Crippen LogP contribution in [0.25, 0.3) is 0 Å². The van der Waals surface area contributed by atoms with Crippen LogP contribution in [0.1, 0.15) is 56.1 Å². The van der Waals surface area contributed by atoms with E-state index in [1.165, 1.54) is 12.8 Å². The lowest BCUT2D eigenvalue weighted by Gasteiger charge is -2.17. The predicted molar refractivity (Wildman–Crippen MR) is 86.8 cm³/mol. The summed E-state index contributed by atoms with van der Waals surface area (Å²) in [5.74, 6) is -1.22. The second-order valence-corrected chi connectivity index (χ2v) is 6.58. The highest BCUT2D eigenvalue weighted by molar-refractivity contribution is 5.85. The van der Waals surface area contributed by atoms with E-state index in [1.807, 2.05) is 31.2 Å². The molecule has 3 heteroatoms. The smallest absolute Gasteiger partial charge is 0.307 e. The van der Waals surface area contributed by atoms with Gasteiger partial charge in [-0.25, -0.2) is 0 Å². The van der Waals surface area contributed by atoms with Gasteiger partial charge in [0.05, 0.1) is 5.92 Å². The Balaban J connectivity index is 1.97. The number of carboxylic acid groups (broad SMARTS) is 1. The fourth-order valence-electron chi connectivity index (χ4n) is 3.27. The van der Waals surface area contributed by atoms with E-state index in [0.717, 1.165) is 36.8 Å². The number of rotatable bonds is 6. The Labute approximate surface area is 132 Å². The summed E-state index contributed by atoms with van der Waals surface area (Å²) < 4.78 is 0. The van der Waals surface area contributed by atoms with Crippen LogP contribution in [-0.4, -0.2) is 16.9 Å². The van der Waals surface area contributed by atoms with Crippen LogP contribution < -0.4 is 0 Å². The summed E-state index contributed by atoms with van der Waals surface area (Å²) in [5.41, 5.74) is 2.15. The van der Waals surface area contributed by atoms with E-state index in [0.29, 0.717) is 6.42 Å². The minimum atomic E-state index is -0.859. The fourth-order valence-corrected chi connectivity index (χ4v) is 3.27. The van der Waals surface area contributed by atoms with Gasteiger partial charge in [-0.1, -0.05) is 55.5 Å². The van der Waals surface area contributed by atoms with Crippen LogP contribution in [0.3, 0.4) is 0 Å². The van der Waals surface area contributed by atoms with E-state index < -0.39 is 11.9 Å². The third-order valence-electron chi connectivity index (χ3n) is 4.71. The zero-order valence-corrected chi connectivity index (χ0v) is 13.4. The predicted octanol–water partition coefficient (Wildman–Crippen LogP) is 4.17. The van der Waals surface area contributed by atoms with Crippen molar-refractivity contribution in [2.75, 3.05) is 0 Å². The van der Waals surface area contributed by atoms with Crippen molar-refractivity contribution >= 4 is 11.8 Å². The molecule has 1 aliphatic carbocycles.